The highest BCUT2D eigenvalue weighted by Crippen LogP contribution is 2.16. The number of halogens is 1. The highest BCUT2D eigenvalue weighted by atomic mass is 19.1. The van der Waals surface area contributed by atoms with Gasteiger partial charge in [-0.25, -0.2) is 9.38 Å². The number of nitrogens with one attached hydrogen (secondary N) is 3. The first-order valence-electron chi connectivity index (χ1n) is 9.97. The van der Waals surface area contributed by atoms with Crippen LogP contribution in [-0.4, -0.2) is 43.5 Å². The van der Waals surface area contributed by atoms with Crippen molar-refractivity contribution in [3.8, 4) is 5.75 Å². The molecule has 0 fully saturated rings. The smallest absolute Gasteiger partial charge is 0.251 e. The molecule has 0 bridgehead atoms. The first kappa shape index (κ1) is 23.7. The summed E-state index contributed by atoms with van der Waals surface area (Å²) in [6.45, 7) is 5.08. The van der Waals surface area contributed by atoms with Gasteiger partial charge in [0, 0.05) is 12.1 Å². The van der Waals surface area contributed by atoms with E-state index >= 15 is 0 Å². The van der Waals surface area contributed by atoms with E-state index in [1.54, 1.807) is 42.5 Å². The Kier molecular flexibility index (Phi) is 9.28. The van der Waals surface area contributed by atoms with E-state index < -0.39 is 11.7 Å². The van der Waals surface area contributed by atoms with Crippen molar-refractivity contribution < 1.29 is 18.7 Å². The summed E-state index contributed by atoms with van der Waals surface area (Å²) in [5.74, 6) is -0.570. The molecule has 9 heteroatoms. The second kappa shape index (κ2) is 12.2. The number of primary amides is 1. The lowest BCUT2D eigenvalue weighted by Gasteiger charge is -2.18. The number of hydrogen-bond donors (Lipinski definition) is 4. The summed E-state index contributed by atoms with van der Waals surface area (Å²) < 4.78 is 19.3. The van der Waals surface area contributed by atoms with Gasteiger partial charge in [0.05, 0.1) is 19.6 Å². The lowest BCUT2D eigenvalue weighted by molar-refractivity contribution is -0.117. The number of hydrogen-bond acceptors (Lipinski definition) is 4. The number of nitrogens with zero attached hydrogens (tertiary/aromatic N) is 1. The first-order chi connectivity index (χ1) is 14.9. The first-order valence-corrected chi connectivity index (χ1v) is 9.97. The van der Waals surface area contributed by atoms with Crippen LogP contribution >= 0.6 is 0 Å². The molecule has 0 saturated carbocycles. The van der Waals surface area contributed by atoms with E-state index in [1.807, 2.05) is 13.8 Å². The van der Waals surface area contributed by atoms with Gasteiger partial charge in [-0.05, 0) is 43.7 Å². The minimum Gasteiger partial charge on any atom is -0.486 e. The third-order valence-electron chi connectivity index (χ3n) is 4.13. The highest BCUT2D eigenvalue weighted by Gasteiger charge is 2.09. The summed E-state index contributed by atoms with van der Waals surface area (Å²) in [6.07, 6.45) is -0.279. The van der Waals surface area contributed by atoms with Gasteiger partial charge in [-0.3, -0.25) is 9.59 Å². The Hall–Kier alpha value is -3.62. The summed E-state index contributed by atoms with van der Waals surface area (Å²) in [7, 11) is 0. The van der Waals surface area contributed by atoms with Gasteiger partial charge >= 0.3 is 0 Å². The molecule has 0 aromatic heterocycles. The van der Waals surface area contributed by atoms with Gasteiger partial charge in [0.25, 0.3) is 5.91 Å². The lowest BCUT2D eigenvalue weighted by Crippen LogP contribution is -2.41. The van der Waals surface area contributed by atoms with E-state index in [-0.39, 0.29) is 24.3 Å². The van der Waals surface area contributed by atoms with Gasteiger partial charge in [-0.2, -0.15) is 0 Å². The van der Waals surface area contributed by atoms with Gasteiger partial charge in [0.2, 0.25) is 5.91 Å². The van der Waals surface area contributed by atoms with Crippen molar-refractivity contribution in [2.45, 2.75) is 26.5 Å². The van der Waals surface area contributed by atoms with Crippen LogP contribution in [0.1, 0.15) is 29.8 Å². The molecule has 2 aromatic carbocycles. The van der Waals surface area contributed by atoms with E-state index in [0.717, 1.165) is 5.56 Å². The second-order valence-corrected chi connectivity index (χ2v) is 6.78. The molecule has 2 aromatic rings. The Bertz CT molecular complexity index is 902. The van der Waals surface area contributed by atoms with Crippen LogP contribution < -0.4 is 26.4 Å². The third-order valence-corrected chi connectivity index (χ3v) is 4.13. The van der Waals surface area contributed by atoms with Crippen molar-refractivity contribution in [3.05, 3.63) is 65.5 Å². The summed E-state index contributed by atoms with van der Waals surface area (Å²) in [5.41, 5.74) is 6.35. The quantitative estimate of drug-likeness (QED) is 0.338. The largest absolute Gasteiger partial charge is 0.486 e. The molecule has 0 aliphatic carbocycles. The van der Waals surface area contributed by atoms with Crippen LogP contribution in [0.3, 0.4) is 0 Å². The van der Waals surface area contributed by atoms with Crippen LogP contribution in [0.5, 0.6) is 5.75 Å². The van der Waals surface area contributed by atoms with Crippen LogP contribution in [0, 0.1) is 5.82 Å². The van der Waals surface area contributed by atoms with Crippen molar-refractivity contribution in [1.82, 2.24) is 16.0 Å². The standard InChI is InChI=1S/C22H28FN5O3/c1-3-25-22(27-12-15(2)31-19-7-5-4-6-18(19)23)28-13-16-8-10-17(11-9-16)21(30)26-14-20(24)29/h4-11,15H,3,12-14H2,1-2H3,(H2,24,29)(H,26,30)(H2,25,27,28). The third kappa shape index (κ3) is 8.33. The van der Waals surface area contributed by atoms with Gasteiger partial charge in [0.15, 0.2) is 17.5 Å². The zero-order valence-corrected chi connectivity index (χ0v) is 17.7. The van der Waals surface area contributed by atoms with Crippen molar-refractivity contribution in [1.29, 1.82) is 0 Å². The van der Waals surface area contributed by atoms with Crippen LogP contribution in [0.4, 0.5) is 4.39 Å². The average Bonchev–Trinajstić information content (AvgIpc) is 2.76. The number of benzene rings is 2. The molecule has 8 nitrogen and oxygen atoms in total. The van der Waals surface area contributed by atoms with Gasteiger partial charge < -0.3 is 26.4 Å². The maximum Gasteiger partial charge on any atom is 0.251 e. The van der Waals surface area contributed by atoms with E-state index in [0.29, 0.717) is 31.2 Å². The molecule has 0 radical (unpaired) electrons. The normalized spacial score (nSPS) is 12.0. The van der Waals surface area contributed by atoms with Gasteiger partial charge in [0.1, 0.15) is 6.10 Å². The van der Waals surface area contributed by atoms with Crippen LogP contribution in [0.2, 0.25) is 0 Å². The number of aliphatic imine (C=N–C) groups is 1. The zero-order chi connectivity index (χ0) is 22.6. The summed E-state index contributed by atoms with van der Waals surface area (Å²) in [5, 5.41) is 8.75. The molecule has 5 N–H and O–H groups in total. The number of ether oxygens (including phenoxy) is 1. The summed E-state index contributed by atoms with van der Waals surface area (Å²) >= 11 is 0. The fourth-order valence-electron chi connectivity index (χ4n) is 2.58. The van der Waals surface area contributed by atoms with Gasteiger partial charge in [-0.15, -0.1) is 0 Å². The SMILES string of the molecule is CCNC(=NCc1ccc(C(=O)NCC(N)=O)cc1)NCC(C)Oc1ccccc1F. The fourth-order valence-corrected chi connectivity index (χ4v) is 2.58. The Morgan fingerprint density at radius 3 is 2.45 bits per heavy atom. The number of amides is 2. The molecule has 0 aliphatic rings. The van der Waals surface area contributed by atoms with E-state index in [2.05, 4.69) is 20.9 Å². The molecular weight excluding hydrogens is 401 g/mol. The molecule has 1 atom stereocenters. The minimum atomic E-state index is -0.601. The Morgan fingerprint density at radius 1 is 1.10 bits per heavy atom. The number of para-hydroxylation sites is 1. The van der Waals surface area contributed by atoms with E-state index in [9.17, 15) is 14.0 Å². The number of nitrogens with two attached hydrogens (primary N) is 1. The van der Waals surface area contributed by atoms with Crippen molar-refractivity contribution in [3.63, 3.8) is 0 Å². The molecule has 0 aliphatic heterocycles. The predicted molar refractivity (Wildman–Crippen MR) is 117 cm³/mol. The molecule has 2 rings (SSSR count). The van der Waals surface area contributed by atoms with Crippen LogP contribution in [0.25, 0.3) is 0 Å². The molecule has 0 heterocycles. The summed E-state index contributed by atoms with van der Waals surface area (Å²) in [4.78, 5) is 27.2. The Balaban J connectivity index is 1.89. The number of carbonyl (C=O) groups is 2. The molecule has 0 spiro atoms. The van der Waals surface area contributed by atoms with E-state index in [4.69, 9.17) is 10.5 Å². The van der Waals surface area contributed by atoms with Crippen molar-refractivity contribution in [2.75, 3.05) is 19.6 Å². The highest BCUT2D eigenvalue weighted by molar-refractivity contribution is 5.96. The molecule has 166 valence electrons. The maximum atomic E-state index is 13.7. The number of rotatable bonds is 10. The number of guanidine groups is 1. The van der Waals surface area contributed by atoms with Gasteiger partial charge in [-0.1, -0.05) is 24.3 Å². The molecule has 2 amide bonds. The molecule has 31 heavy (non-hydrogen) atoms. The lowest BCUT2D eigenvalue weighted by atomic mass is 10.1. The second-order valence-electron chi connectivity index (χ2n) is 6.78. The maximum absolute atomic E-state index is 13.7. The van der Waals surface area contributed by atoms with Crippen molar-refractivity contribution in [2.24, 2.45) is 10.7 Å². The fraction of sp³-hybridized carbons (Fsp3) is 0.318. The Morgan fingerprint density at radius 2 is 1.81 bits per heavy atom. The minimum absolute atomic E-state index is 0.207. The number of carbonyl (C=O) groups excluding carboxylic acids is 2. The molecule has 1 unspecified atom stereocenters. The topological polar surface area (TPSA) is 118 Å². The Labute approximate surface area is 181 Å². The zero-order valence-electron chi connectivity index (χ0n) is 17.7. The van der Waals surface area contributed by atoms with E-state index in [1.165, 1.54) is 6.07 Å². The molecule has 0 saturated heterocycles. The van der Waals surface area contributed by atoms with Crippen molar-refractivity contribution >= 4 is 17.8 Å². The van der Waals surface area contributed by atoms with Crippen LogP contribution in [-0.2, 0) is 11.3 Å². The monoisotopic (exact) mass is 429 g/mol. The van der Waals surface area contributed by atoms with Crippen LogP contribution in [0.15, 0.2) is 53.5 Å². The molecular formula is C22H28FN5O3. The average molecular weight is 429 g/mol. The summed E-state index contributed by atoms with van der Waals surface area (Å²) in [6, 6.07) is 13.2. The predicted octanol–water partition coefficient (Wildman–Crippen LogP) is 1.56.